The number of carbonyl (C=O) groups excluding carboxylic acids is 1. The van der Waals surface area contributed by atoms with Crippen molar-refractivity contribution in [2.75, 3.05) is 26.2 Å². The van der Waals surface area contributed by atoms with Crippen molar-refractivity contribution in [3.8, 4) is 0 Å². The van der Waals surface area contributed by atoms with E-state index in [1.165, 1.54) is 4.90 Å². The van der Waals surface area contributed by atoms with Crippen molar-refractivity contribution in [3.63, 3.8) is 0 Å². The topological polar surface area (TPSA) is 32.3 Å². The van der Waals surface area contributed by atoms with Gasteiger partial charge in [-0.15, -0.1) is 0 Å². The number of benzene rings is 1. The Kier molecular flexibility index (Phi) is 3.86. The number of nitrogens with zero attached hydrogens (tertiary/aromatic N) is 1. The molecule has 0 atom stereocenters. The van der Waals surface area contributed by atoms with Gasteiger partial charge in [0.2, 0.25) is 0 Å². The van der Waals surface area contributed by atoms with Crippen molar-refractivity contribution in [1.82, 2.24) is 10.2 Å². The molecule has 1 fully saturated rings. The van der Waals surface area contributed by atoms with E-state index in [2.05, 4.69) is 5.32 Å². The zero-order valence-corrected chi connectivity index (χ0v) is 9.68. The Labute approximate surface area is 103 Å². The summed E-state index contributed by atoms with van der Waals surface area (Å²) in [5, 5.41) is 3.11. The van der Waals surface area contributed by atoms with Crippen molar-refractivity contribution in [3.05, 3.63) is 35.1 Å². The fourth-order valence-corrected chi connectivity index (χ4v) is 1.91. The molecular weight excluding hydrogens is 245 g/mol. The fraction of sp³-hybridized carbons (Fsp3) is 0.417. The monoisotopic (exact) mass is 258 g/mol. The molecule has 1 heterocycles. The second-order valence-corrected chi connectivity index (χ2v) is 4.15. The van der Waals surface area contributed by atoms with Gasteiger partial charge in [0.05, 0.1) is 0 Å². The summed E-state index contributed by atoms with van der Waals surface area (Å²) in [4.78, 5) is 13.5. The summed E-state index contributed by atoms with van der Waals surface area (Å²) in [5.41, 5.74) is -0.159. The maximum absolute atomic E-state index is 13.0. The van der Waals surface area contributed by atoms with Gasteiger partial charge in [0.25, 0.3) is 5.91 Å². The van der Waals surface area contributed by atoms with Gasteiger partial charge in [0.1, 0.15) is 0 Å². The van der Waals surface area contributed by atoms with Crippen LogP contribution >= 0.6 is 0 Å². The third-order valence-electron chi connectivity index (χ3n) is 2.86. The molecule has 98 valence electrons. The summed E-state index contributed by atoms with van der Waals surface area (Å²) in [6.07, 6.45) is 0.776. The van der Waals surface area contributed by atoms with Crippen LogP contribution in [0.2, 0.25) is 0 Å². The second-order valence-electron chi connectivity index (χ2n) is 4.15. The van der Waals surface area contributed by atoms with Crippen molar-refractivity contribution in [1.29, 1.82) is 0 Å². The Morgan fingerprint density at radius 1 is 1.11 bits per heavy atom. The highest BCUT2D eigenvalue weighted by atomic mass is 19.2. The van der Waals surface area contributed by atoms with E-state index in [9.17, 15) is 18.0 Å². The zero-order valence-electron chi connectivity index (χ0n) is 9.68. The van der Waals surface area contributed by atoms with Crippen molar-refractivity contribution < 1.29 is 18.0 Å². The average Bonchev–Trinajstić information content (AvgIpc) is 2.63. The molecule has 1 saturated heterocycles. The lowest BCUT2D eigenvalue weighted by Crippen LogP contribution is -2.34. The van der Waals surface area contributed by atoms with Crippen LogP contribution in [-0.2, 0) is 0 Å². The average molecular weight is 258 g/mol. The first-order chi connectivity index (χ1) is 8.59. The largest absolute Gasteiger partial charge is 0.337 e. The van der Waals surface area contributed by atoms with Crippen molar-refractivity contribution >= 4 is 5.91 Å². The Balaban J connectivity index is 2.22. The molecule has 18 heavy (non-hydrogen) atoms. The summed E-state index contributed by atoms with van der Waals surface area (Å²) in [5.74, 6) is -4.71. The molecule has 0 aliphatic carbocycles. The van der Waals surface area contributed by atoms with Crippen molar-refractivity contribution in [2.24, 2.45) is 0 Å². The predicted octanol–water partition coefficient (Wildman–Crippen LogP) is 1.54. The smallest absolute Gasteiger partial charge is 0.254 e. The van der Waals surface area contributed by atoms with Gasteiger partial charge in [-0.2, -0.15) is 0 Å². The Hall–Kier alpha value is -1.56. The van der Waals surface area contributed by atoms with E-state index < -0.39 is 23.4 Å². The summed E-state index contributed by atoms with van der Waals surface area (Å²) < 4.78 is 38.9. The van der Waals surface area contributed by atoms with E-state index in [0.29, 0.717) is 19.6 Å². The highest BCUT2D eigenvalue weighted by molar-refractivity contribution is 5.94. The first-order valence-corrected chi connectivity index (χ1v) is 5.74. The lowest BCUT2D eigenvalue weighted by molar-refractivity contribution is 0.0765. The number of nitrogens with one attached hydrogen (secondary N) is 1. The van der Waals surface area contributed by atoms with Crippen LogP contribution in [0.25, 0.3) is 0 Å². The maximum Gasteiger partial charge on any atom is 0.254 e. The minimum absolute atomic E-state index is 0.159. The zero-order chi connectivity index (χ0) is 13.1. The molecule has 0 aromatic heterocycles. The van der Waals surface area contributed by atoms with Gasteiger partial charge in [-0.1, -0.05) is 0 Å². The number of carbonyl (C=O) groups is 1. The molecule has 1 aliphatic rings. The number of rotatable bonds is 1. The lowest BCUT2D eigenvalue weighted by Gasteiger charge is -2.20. The van der Waals surface area contributed by atoms with Gasteiger partial charge in [-0.25, -0.2) is 13.2 Å². The molecular formula is C12H13F3N2O. The standard InChI is InChI=1S/C12H13F3N2O/c13-9-6-8(7-10(14)11(9)15)12(18)17-4-1-2-16-3-5-17/h6-7,16H,1-5H2. The van der Waals surface area contributed by atoms with E-state index in [1.54, 1.807) is 0 Å². The number of hydrogen-bond acceptors (Lipinski definition) is 2. The molecule has 0 saturated carbocycles. The normalized spacial score (nSPS) is 16.5. The summed E-state index contributed by atoms with van der Waals surface area (Å²) in [6, 6.07) is 1.47. The van der Waals surface area contributed by atoms with Gasteiger partial charge in [-0.3, -0.25) is 4.79 Å². The molecule has 1 aromatic carbocycles. The minimum Gasteiger partial charge on any atom is -0.337 e. The van der Waals surface area contributed by atoms with Gasteiger partial charge >= 0.3 is 0 Å². The molecule has 1 aromatic rings. The van der Waals surface area contributed by atoms with E-state index in [4.69, 9.17) is 0 Å². The summed E-state index contributed by atoms with van der Waals surface area (Å²) >= 11 is 0. The van der Waals surface area contributed by atoms with Crippen LogP contribution in [0, 0.1) is 17.5 Å². The molecule has 0 radical (unpaired) electrons. The van der Waals surface area contributed by atoms with Gasteiger partial charge in [0, 0.05) is 25.2 Å². The molecule has 3 nitrogen and oxygen atoms in total. The quantitative estimate of drug-likeness (QED) is 0.775. The van der Waals surface area contributed by atoms with Crippen LogP contribution < -0.4 is 5.32 Å². The van der Waals surface area contributed by atoms with Crippen LogP contribution in [0.1, 0.15) is 16.8 Å². The molecule has 2 rings (SSSR count). The highest BCUT2D eigenvalue weighted by Crippen LogP contribution is 2.15. The molecule has 1 aliphatic heterocycles. The molecule has 0 spiro atoms. The first-order valence-electron chi connectivity index (χ1n) is 5.74. The fourth-order valence-electron chi connectivity index (χ4n) is 1.91. The van der Waals surface area contributed by atoms with E-state index >= 15 is 0 Å². The van der Waals surface area contributed by atoms with Crippen LogP contribution in [0.3, 0.4) is 0 Å². The van der Waals surface area contributed by atoms with E-state index in [0.717, 1.165) is 25.1 Å². The van der Waals surface area contributed by atoms with Gasteiger partial charge in [-0.05, 0) is 25.1 Å². The van der Waals surface area contributed by atoms with Crippen LogP contribution in [0.15, 0.2) is 12.1 Å². The lowest BCUT2D eigenvalue weighted by atomic mass is 10.1. The van der Waals surface area contributed by atoms with Gasteiger partial charge < -0.3 is 10.2 Å². The minimum atomic E-state index is -1.55. The van der Waals surface area contributed by atoms with E-state index in [-0.39, 0.29) is 5.56 Å². The number of amides is 1. The SMILES string of the molecule is O=C(c1cc(F)c(F)c(F)c1)N1CCCNCC1. The number of halogens is 3. The summed E-state index contributed by atoms with van der Waals surface area (Å²) in [6.45, 7) is 2.43. The third-order valence-corrected chi connectivity index (χ3v) is 2.86. The second kappa shape index (κ2) is 5.39. The first kappa shape index (κ1) is 12.9. The molecule has 0 bridgehead atoms. The highest BCUT2D eigenvalue weighted by Gasteiger charge is 2.20. The van der Waals surface area contributed by atoms with E-state index in [1.807, 2.05) is 0 Å². The van der Waals surface area contributed by atoms with Gasteiger partial charge in [0.15, 0.2) is 17.5 Å². The Morgan fingerprint density at radius 3 is 2.44 bits per heavy atom. The molecule has 0 unspecified atom stereocenters. The third kappa shape index (κ3) is 2.64. The maximum atomic E-state index is 13.0. The van der Waals surface area contributed by atoms with Crippen molar-refractivity contribution in [2.45, 2.75) is 6.42 Å². The molecule has 1 amide bonds. The van der Waals surface area contributed by atoms with Crippen LogP contribution in [0.4, 0.5) is 13.2 Å². The van der Waals surface area contributed by atoms with Crippen LogP contribution in [0.5, 0.6) is 0 Å². The predicted molar refractivity (Wildman–Crippen MR) is 59.7 cm³/mol. The summed E-state index contributed by atoms with van der Waals surface area (Å²) in [7, 11) is 0. The Morgan fingerprint density at radius 2 is 1.78 bits per heavy atom. The molecule has 6 heteroatoms. The molecule has 1 N–H and O–H groups in total. The number of hydrogen-bond donors (Lipinski definition) is 1. The Bertz CT molecular complexity index is 434. The van der Waals surface area contributed by atoms with Crippen LogP contribution in [-0.4, -0.2) is 37.0 Å².